The Kier molecular flexibility index (Phi) is 20.0. The molecule has 2 fully saturated rings. The molecule has 60 heavy (non-hydrogen) atoms. The van der Waals surface area contributed by atoms with Crippen LogP contribution < -0.4 is 16.0 Å². The Hall–Kier alpha value is -3.55. The number of esters is 1. The van der Waals surface area contributed by atoms with Crippen LogP contribution in [0, 0.1) is 35.5 Å². The van der Waals surface area contributed by atoms with Crippen molar-refractivity contribution in [3.63, 3.8) is 0 Å². The van der Waals surface area contributed by atoms with Gasteiger partial charge in [0.2, 0.25) is 23.6 Å². The Balaban J connectivity index is 1.80. The highest BCUT2D eigenvalue weighted by molar-refractivity contribution is 5.89. The first-order valence-corrected chi connectivity index (χ1v) is 22.5. The molecule has 3 rings (SSSR count). The molecule has 4 amide bonds. The number of nitrogens with one attached hydrogen (secondary N) is 3. The lowest BCUT2D eigenvalue weighted by Gasteiger charge is -2.41. The summed E-state index contributed by atoms with van der Waals surface area (Å²) in [6, 6.07) is 6.94. The number of nitrogens with zero attached hydrogens (tertiary/aromatic N) is 2. The third-order valence-electron chi connectivity index (χ3n) is 12.7. The number of hydrogen-bond acceptors (Lipinski definition) is 9. The molecular weight excluding hydrogens is 763 g/mol. The van der Waals surface area contributed by atoms with Gasteiger partial charge in [0, 0.05) is 40.2 Å². The SMILES string of the molecule is CC[C@H](C)[C@@H](C(CC(=O)N1CCC[C@H]1[C@H](OC)[C@@H](C)C(=O)N[C@@H](Cc1ccccc1)C(=O)OC(C)(C)C)OC)N(C)C(=O)[C@@H](NC(=O)[C@H](C(C)C)C1CCNCC1)C(C)C. The van der Waals surface area contributed by atoms with Gasteiger partial charge in [-0.25, -0.2) is 4.79 Å². The van der Waals surface area contributed by atoms with Crippen molar-refractivity contribution in [2.24, 2.45) is 35.5 Å². The normalized spacial score (nSPS) is 20.4. The minimum atomic E-state index is -0.922. The molecule has 2 aliphatic rings. The zero-order chi connectivity index (χ0) is 44.9. The summed E-state index contributed by atoms with van der Waals surface area (Å²) in [6.45, 7) is 21.5. The van der Waals surface area contributed by atoms with Crippen LogP contribution in [0.25, 0.3) is 0 Å². The summed E-state index contributed by atoms with van der Waals surface area (Å²) in [7, 11) is 4.87. The van der Waals surface area contributed by atoms with E-state index in [0.29, 0.717) is 13.0 Å². The van der Waals surface area contributed by atoms with Crippen molar-refractivity contribution < 1.29 is 38.2 Å². The first kappa shape index (κ1) is 50.8. The molecule has 0 bridgehead atoms. The van der Waals surface area contributed by atoms with Crippen LogP contribution in [0.15, 0.2) is 30.3 Å². The molecule has 0 spiro atoms. The topological polar surface area (TPSA) is 156 Å². The standard InChI is InChI=1S/C47H79N5O8/c1-14-31(6)41(51(11)45(56)40(30(4)5)50-44(55)39(29(2)3)34-22-24-48-25-23-34)37(58-12)28-38(53)52-26-18-21-36(52)42(59-13)32(7)43(54)49-35(46(57)60-47(8,9)10)27-33-19-16-15-17-20-33/h15-17,19-20,29-32,34-37,39-42,48H,14,18,21-28H2,1-13H3,(H,49,54)(H,50,55)/t31-,32+,35-,36-,37?,39+,40-,41-,42+/m0/s1. The second-order valence-electron chi connectivity index (χ2n) is 19.0. The molecule has 340 valence electrons. The van der Waals surface area contributed by atoms with Crippen molar-refractivity contribution in [1.82, 2.24) is 25.8 Å². The molecule has 1 aromatic rings. The average molecular weight is 842 g/mol. The van der Waals surface area contributed by atoms with Gasteiger partial charge in [-0.15, -0.1) is 0 Å². The quantitative estimate of drug-likeness (QED) is 0.138. The lowest BCUT2D eigenvalue weighted by atomic mass is 9.77. The molecule has 13 heteroatoms. The van der Waals surface area contributed by atoms with Crippen molar-refractivity contribution in [3.05, 3.63) is 35.9 Å². The molecule has 1 aromatic carbocycles. The lowest BCUT2D eigenvalue weighted by molar-refractivity contribution is -0.159. The molecule has 1 unspecified atom stereocenters. The summed E-state index contributed by atoms with van der Waals surface area (Å²) in [5.41, 5.74) is 0.137. The summed E-state index contributed by atoms with van der Waals surface area (Å²) < 4.78 is 17.8. The van der Waals surface area contributed by atoms with Gasteiger partial charge in [0.1, 0.15) is 17.7 Å². The van der Waals surface area contributed by atoms with Crippen LogP contribution >= 0.6 is 0 Å². The van der Waals surface area contributed by atoms with Crippen molar-refractivity contribution in [1.29, 1.82) is 0 Å². The predicted molar refractivity (Wildman–Crippen MR) is 235 cm³/mol. The van der Waals surface area contributed by atoms with Gasteiger partial charge in [0.05, 0.1) is 36.6 Å². The maximum atomic E-state index is 14.5. The summed E-state index contributed by atoms with van der Waals surface area (Å²) >= 11 is 0. The van der Waals surface area contributed by atoms with E-state index in [4.69, 9.17) is 14.2 Å². The third-order valence-corrected chi connectivity index (χ3v) is 12.7. The van der Waals surface area contributed by atoms with Gasteiger partial charge >= 0.3 is 5.97 Å². The van der Waals surface area contributed by atoms with Crippen LogP contribution in [0.5, 0.6) is 0 Å². The molecule has 0 radical (unpaired) electrons. The number of methoxy groups -OCH3 is 2. The van der Waals surface area contributed by atoms with E-state index in [1.807, 2.05) is 44.2 Å². The number of likely N-dealkylation sites (tertiary alicyclic amines) is 1. The number of hydrogen-bond donors (Lipinski definition) is 3. The number of benzene rings is 1. The summed E-state index contributed by atoms with van der Waals surface area (Å²) in [6.07, 6.45) is 2.93. The molecule has 13 nitrogen and oxygen atoms in total. The third kappa shape index (κ3) is 14.0. The van der Waals surface area contributed by atoms with E-state index in [2.05, 4.69) is 43.6 Å². The minimum Gasteiger partial charge on any atom is -0.458 e. The Morgan fingerprint density at radius 1 is 0.883 bits per heavy atom. The smallest absolute Gasteiger partial charge is 0.329 e. The largest absolute Gasteiger partial charge is 0.458 e. The van der Waals surface area contributed by atoms with Gasteiger partial charge in [-0.2, -0.15) is 0 Å². The summed E-state index contributed by atoms with van der Waals surface area (Å²) in [5, 5.41) is 9.51. The first-order chi connectivity index (χ1) is 28.3. The number of rotatable bonds is 21. The molecule has 0 aromatic heterocycles. The zero-order valence-electron chi connectivity index (χ0n) is 39.0. The number of amides is 4. The Morgan fingerprint density at radius 3 is 2.05 bits per heavy atom. The molecule has 2 saturated heterocycles. The fourth-order valence-corrected chi connectivity index (χ4v) is 9.27. The van der Waals surface area contributed by atoms with Crippen LogP contribution in [0.2, 0.25) is 0 Å². The van der Waals surface area contributed by atoms with Crippen LogP contribution in [0.1, 0.15) is 113 Å². The van der Waals surface area contributed by atoms with Gasteiger partial charge in [-0.3, -0.25) is 19.2 Å². The van der Waals surface area contributed by atoms with Gasteiger partial charge in [-0.05, 0) is 88.8 Å². The molecule has 2 heterocycles. The van der Waals surface area contributed by atoms with Gasteiger partial charge in [-0.1, -0.05) is 85.2 Å². The van der Waals surface area contributed by atoms with Crippen LogP contribution in [0.3, 0.4) is 0 Å². The highest BCUT2D eigenvalue weighted by Crippen LogP contribution is 2.31. The second kappa shape index (κ2) is 23.6. The number of carbonyl (C=O) groups excluding carboxylic acids is 5. The average Bonchev–Trinajstić information content (AvgIpc) is 3.68. The molecule has 0 aliphatic carbocycles. The van der Waals surface area contributed by atoms with Crippen molar-refractivity contribution in [2.75, 3.05) is 40.9 Å². The lowest BCUT2D eigenvalue weighted by Crippen LogP contribution is -2.58. The van der Waals surface area contributed by atoms with E-state index in [1.54, 1.807) is 58.8 Å². The highest BCUT2D eigenvalue weighted by atomic mass is 16.6. The van der Waals surface area contributed by atoms with Crippen LogP contribution in [-0.4, -0.2) is 122 Å². The number of piperidine rings is 1. The van der Waals surface area contributed by atoms with Gasteiger partial charge in [0.15, 0.2) is 0 Å². The molecular formula is C47H79N5O8. The number of carbonyl (C=O) groups is 5. The van der Waals surface area contributed by atoms with E-state index in [9.17, 15) is 24.0 Å². The second-order valence-corrected chi connectivity index (χ2v) is 19.0. The van der Waals surface area contributed by atoms with Crippen molar-refractivity contribution in [2.45, 2.75) is 156 Å². The van der Waals surface area contributed by atoms with E-state index in [0.717, 1.165) is 44.3 Å². The van der Waals surface area contributed by atoms with Crippen LogP contribution in [0.4, 0.5) is 0 Å². The van der Waals surface area contributed by atoms with E-state index < -0.39 is 53.9 Å². The maximum Gasteiger partial charge on any atom is 0.329 e. The Morgan fingerprint density at radius 2 is 1.52 bits per heavy atom. The van der Waals surface area contributed by atoms with Gasteiger partial charge < -0.3 is 40.0 Å². The Bertz CT molecular complexity index is 1530. The van der Waals surface area contributed by atoms with E-state index >= 15 is 0 Å². The molecule has 9 atom stereocenters. The number of ether oxygens (including phenoxy) is 3. The maximum absolute atomic E-state index is 14.5. The zero-order valence-corrected chi connectivity index (χ0v) is 39.0. The summed E-state index contributed by atoms with van der Waals surface area (Å²) in [4.78, 5) is 73.6. The summed E-state index contributed by atoms with van der Waals surface area (Å²) in [5.74, 6) is -2.06. The van der Waals surface area contributed by atoms with E-state index in [-0.39, 0.29) is 66.1 Å². The fraction of sp³-hybridized carbons (Fsp3) is 0.766. The minimum absolute atomic E-state index is 0.0122. The molecule has 0 saturated carbocycles. The monoisotopic (exact) mass is 842 g/mol. The van der Waals surface area contributed by atoms with Crippen molar-refractivity contribution >= 4 is 29.6 Å². The fourth-order valence-electron chi connectivity index (χ4n) is 9.27. The first-order valence-electron chi connectivity index (χ1n) is 22.5. The highest BCUT2D eigenvalue weighted by Gasteiger charge is 2.44. The predicted octanol–water partition coefficient (Wildman–Crippen LogP) is 5.39. The molecule has 2 aliphatic heterocycles. The number of likely N-dealkylation sites (N-methyl/N-ethyl adjacent to an activating group) is 1. The van der Waals surface area contributed by atoms with E-state index in [1.165, 1.54) is 0 Å². The molecule has 3 N–H and O–H groups in total. The Labute approximate surface area is 361 Å². The van der Waals surface area contributed by atoms with Crippen LogP contribution in [-0.2, 0) is 44.6 Å². The van der Waals surface area contributed by atoms with Gasteiger partial charge in [0.25, 0.3) is 0 Å². The van der Waals surface area contributed by atoms with Crippen molar-refractivity contribution in [3.8, 4) is 0 Å².